The van der Waals surface area contributed by atoms with Crippen molar-refractivity contribution in [2.75, 3.05) is 26.3 Å². The van der Waals surface area contributed by atoms with E-state index in [4.69, 9.17) is 22.9 Å². The van der Waals surface area contributed by atoms with Crippen molar-refractivity contribution in [2.45, 2.75) is 189 Å². The molecule has 88 heavy (non-hydrogen) atoms. The van der Waals surface area contributed by atoms with Crippen LogP contribution in [0.1, 0.15) is 125 Å². The van der Waals surface area contributed by atoms with Crippen molar-refractivity contribution in [3.63, 3.8) is 0 Å². The van der Waals surface area contributed by atoms with E-state index >= 15 is 9.59 Å². The number of carboxylic acids is 2. The highest BCUT2D eigenvalue weighted by atomic mass is 16.4. The van der Waals surface area contributed by atoms with Gasteiger partial charge in [0.2, 0.25) is 47.3 Å². The second kappa shape index (κ2) is 30.0. The first-order valence-corrected chi connectivity index (χ1v) is 30.6. The summed E-state index contributed by atoms with van der Waals surface area (Å²) in [5.41, 5.74) is 24.6. The number of carbonyl (C=O) groups is 10. The van der Waals surface area contributed by atoms with Crippen LogP contribution < -0.4 is 44.2 Å². The van der Waals surface area contributed by atoms with Gasteiger partial charge in [-0.3, -0.25) is 48.3 Å². The van der Waals surface area contributed by atoms with Gasteiger partial charge in [-0.1, -0.05) is 74.2 Å². The zero-order valence-corrected chi connectivity index (χ0v) is 49.4. The number of aliphatic carboxylic acids is 2. The molecule has 6 aliphatic rings. The lowest BCUT2D eigenvalue weighted by atomic mass is 9.84. The number of aliphatic imine (C=N–C) groups is 2. The van der Waals surface area contributed by atoms with Gasteiger partial charge in [-0.2, -0.15) is 0 Å². The zero-order chi connectivity index (χ0) is 63.3. The fraction of sp³-hybridized carbons (Fsp3) is 0.600. The highest BCUT2D eigenvalue weighted by Gasteiger charge is 2.53. The Labute approximate surface area is 509 Å². The number of likely N-dealkylation sites (tertiary alicyclic amines) is 2. The molecule has 2 saturated heterocycles. The topological polar surface area (TPSA) is 441 Å². The Hall–Kier alpha value is -8.40. The lowest BCUT2D eigenvalue weighted by Crippen LogP contribution is -2.62. The molecule has 4 aliphatic heterocycles. The van der Waals surface area contributed by atoms with E-state index in [1.165, 1.54) is 19.6 Å². The third-order valence-electron chi connectivity index (χ3n) is 18.3. The molecule has 0 aromatic heterocycles. The Balaban J connectivity index is 0.936. The molecule has 0 bridgehead atoms. The molecule has 16 N–H and O–H groups in total. The minimum atomic E-state index is -1.61. The first-order valence-electron chi connectivity index (χ1n) is 30.6. The monoisotopic (exact) mass is 1220 g/mol. The SMILES string of the molecule is NC(N)=NCCC[C@H](NC(=O)[C@@H]1CC2CCCCC2N1C(=O)[C@H]1Cc2ccccc2CN1C(=O)[C@H](CO)NC(=O)CCC(=O)N[C@@H](CO)C(=O)N1Cc2ccccc2C[C@@H]1C(=O)N1C2CCCCC2C[C@H]1C(=O)N[C@@H](CCCN=C(N)N)C(=O)O)C(=O)O. The maximum Gasteiger partial charge on any atom is 0.326 e. The van der Waals surface area contributed by atoms with E-state index in [0.29, 0.717) is 24.0 Å². The molecule has 2 aliphatic carbocycles. The number of aliphatic hydroxyl groups excluding tert-OH is 2. The molecule has 4 fully saturated rings. The molecular weight excluding hydrogens is 1140 g/mol. The summed E-state index contributed by atoms with van der Waals surface area (Å²) in [6, 6.07) is 3.18. The van der Waals surface area contributed by atoms with Crippen LogP contribution in [0.2, 0.25) is 0 Å². The van der Waals surface area contributed by atoms with Crippen LogP contribution in [-0.2, 0) is 73.9 Å². The van der Waals surface area contributed by atoms with Gasteiger partial charge in [0, 0.05) is 63.9 Å². The summed E-state index contributed by atoms with van der Waals surface area (Å²) in [6.45, 7) is -1.77. The standard InChI is InChI=1S/C60H84N14O14/c61-59(62)65-23-9-17-39(57(85)86)69-51(79)45-27-35-13-5-7-19-43(35)73(45)55(83)47-25-33-11-1-3-15-37(33)29-71(47)53(81)41(31-75)67-49(77)21-22-50(78)68-42(32-76)54(82)72-30-38-16-4-2-12-34(38)26-48(72)56(84)74-44-20-8-6-14-36(44)28-46(74)52(80)70-40(58(87)88)18-10-24-66-60(63)64/h1-4,11-12,15-16,35-36,39-48,75-76H,5-10,13-14,17-32H2,(H,67,77)(H,68,78)(H,69,79)(H,70,80)(H,85,86)(H,87,88)(H4,61,62,65)(H4,63,64,66)/t35?,36?,39-,40-,41-,42-,43?,44?,45-,46-,47+,48+/m0/s1. The predicted molar refractivity (Wildman–Crippen MR) is 317 cm³/mol. The number of nitrogens with one attached hydrogen (secondary N) is 4. The van der Waals surface area contributed by atoms with Gasteiger partial charge < -0.3 is 84.2 Å². The minimum Gasteiger partial charge on any atom is -0.480 e. The molecule has 0 spiro atoms. The fourth-order valence-corrected chi connectivity index (χ4v) is 13.9. The first kappa shape index (κ1) is 65.6. The van der Waals surface area contributed by atoms with Crippen LogP contribution in [-0.4, -0.2) is 198 Å². The van der Waals surface area contributed by atoms with Crippen LogP contribution >= 0.6 is 0 Å². The number of rotatable bonds is 25. The van der Waals surface area contributed by atoms with Crippen LogP contribution in [0.15, 0.2) is 58.5 Å². The molecule has 8 amide bonds. The first-order chi connectivity index (χ1) is 42.2. The van der Waals surface area contributed by atoms with Crippen molar-refractivity contribution in [1.82, 2.24) is 40.9 Å². The average molecular weight is 1230 g/mol. The molecule has 28 heteroatoms. The Bertz CT molecular complexity index is 2800. The van der Waals surface area contributed by atoms with Crippen LogP contribution in [0.5, 0.6) is 0 Å². The molecule has 2 aromatic rings. The number of fused-ring (bicyclic) bond motifs is 4. The van der Waals surface area contributed by atoms with Crippen LogP contribution in [0, 0.1) is 11.8 Å². The Morgan fingerprint density at radius 3 is 1.22 bits per heavy atom. The molecule has 8 rings (SSSR count). The molecule has 478 valence electrons. The van der Waals surface area contributed by atoms with Gasteiger partial charge in [-0.05, 0) is 98.3 Å². The number of amides is 8. The van der Waals surface area contributed by atoms with E-state index in [2.05, 4.69) is 31.3 Å². The van der Waals surface area contributed by atoms with Gasteiger partial charge >= 0.3 is 11.9 Å². The molecule has 2 aromatic carbocycles. The van der Waals surface area contributed by atoms with Gasteiger partial charge in [-0.15, -0.1) is 0 Å². The molecule has 2 saturated carbocycles. The number of carboxylic acid groups (broad SMARTS) is 2. The quantitative estimate of drug-likeness (QED) is 0.0296. The average Bonchev–Trinajstić information content (AvgIpc) is 1.67. The van der Waals surface area contributed by atoms with Gasteiger partial charge in [0.15, 0.2) is 11.9 Å². The van der Waals surface area contributed by atoms with E-state index in [1.54, 1.807) is 36.4 Å². The van der Waals surface area contributed by atoms with Crippen LogP contribution in [0.3, 0.4) is 0 Å². The van der Waals surface area contributed by atoms with Crippen LogP contribution in [0.25, 0.3) is 0 Å². The largest absolute Gasteiger partial charge is 0.480 e. The Morgan fingerprint density at radius 2 is 0.864 bits per heavy atom. The molecule has 12 atom stereocenters. The lowest BCUT2D eigenvalue weighted by Gasteiger charge is -2.42. The number of guanidine groups is 2. The van der Waals surface area contributed by atoms with Gasteiger partial charge in [0.25, 0.3) is 0 Å². The van der Waals surface area contributed by atoms with E-state index in [1.807, 2.05) is 12.1 Å². The van der Waals surface area contributed by atoms with Crippen molar-refractivity contribution in [2.24, 2.45) is 44.8 Å². The Kier molecular flexibility index (Phi) is 22.4. The molecule has 4 unspecified atom stereocenters. The van der Waals surface area contributed by atoms with E-state index < -0.39 is 134 Å². The van der Waals surface area contributed by atoms with Crippen molar-refractivity contribution >= 4 is 71.1 Å². The highest BCUT2D eigenvalue weighted by molar-refractivity contribution is 5.98. The van der Waals surface area contributed by atoms with E-state index in [0.717, 1.165) is 49.7 Å². The summed E-state index contributed by atoms with van der Waals surface area (Å²) in [5.74, 6) is -8.78. The number of hydrogen-bond acceptors (Lipinski definition) is 14. The maximum absolute atomic E-state index is 15.2. The summed E-state index contributed by atoms with van der Waals surface area (Å²) in [7, 11) is 0. The Morgan fingerprint density at radius 1 is 0.500 bits per heavy atom. The van der Waals surface area contributed by atoms with Crippen molar-refractivity contribution in [3.8, 4) is 0 Å². The summed E-state index contributed by atoms with van der Waals surface area (Å²) in [6.07, 6.45) is 5.87. The number of nitrogens with two attached hydrogens (primary N) is 4. The lowest BCUT2D eigenvalue weighted by molar-refractivity contribution is -0.153. The highest BCUT2D eigenvalue weighted by Crippen LogP contribution is 2.43. The molecular formula is C60H84N14O14. The summed E-state index contributed by atoms with van der Waals surface area (Å²) in [4.78, 5) is 154. The third kappa shape index (κ3) is 15.6. The third-order valence-corrected chi connectivity index (χ3v) is 18.3. The number of hydrogen-bond donors (Lipinski definition) is 12. The van der Waals surface area contributed by atoms with Gasteiger partial charge in [0.05, 0.1) is 13.2 Å². The molecule has 28 nitrogen and oxygen atoms in total. The van der Waals surface area contributed by atoms with Crippen molar-refractivity contribution in [1.29, 1.82) is 0 Å². The molecule has 0 radical (unpaired) electrons. The summed E-state index contributed by atoms with van der Waals surface area (Å²) >= 11 is 0. The number of benzene rings is 2. The number of aliphatic hydroxyl groups is 2. The van der Waals surface area contributed by atoms with Crippen molar-refractivity contribution < 1.29 is 68.4 Å². The minimum absolute atomic E-state index is 0.00653. The summed E-state index contributed by atoms with van der Waals surface area (Å²) < 4.78 is 0. The van der Waals surface area contributed by atoms with Gasteiger partial charge in [-0.25, -0.2) is 9.59 Å². The van der Waals surface area contributed by atoms with Crippen LogP contribution in [0.4, 0.5) is 0 Å². The van der Waals surface area contributed by atoms with Gasteiger partial charge in [0.1, 0.15) is 48.3 Å². The smallest absolute Gasteiger partial charge is 0.326 e. The normalized spacial score (nSPS) is 24.1. The zero-order valence-electron chi connectivity index (χ0n) is 49.4. The number of nitrogens with zero attached hydrogens (tertiary/aromatic N) is 6. The summed E-state index contributed by atoms with van der Waals surface area (Å²) in [5, 5.41) is 51.8. The second-order valence-electron chi connectivity index (χ2n) is 23.9. The van der Waals surface area contributed by atoms with E-state index in [-0.39, 0.29) is 113 Å². The maximum atomic E-state index is 15.2. The van der Waals surface area contributed by atoms with Crippen molar-refractivity contribution in [3.05, 3.63) is 70.8 Å². The van der Waals surface area contributed by atoms with E-state index in [9.17, 15) is 58.8 Å². The second-order valence-corrected chi connectivity index (χ2v) is 23.9. The number of carbonyl (C=O) groups excluding carboxylic acids is 8. The fourth-order valence-electron chi connectivity index (χ4n) is 13.9. The molecule has 4 heterocycles. The predicted octanol–water partition coefficient (Wildman–Crippen LogP) is -1.81.